The van der Waals surface area contributed by atoms with Gasteiger partial charge in [0.2, 0.25) is 0 Å². The second-order valence-electron chi connectivity index (χ2n) is 3.62. The van der Waals surface area contributed by atoms with Gasteiger partial charge in [0.15, 0.2) is 0 Å². The summed E-state index contributed by atoms with van der Waals surface area (Å²) in [5.74, 6) is -0.354. The molecule has 0 aromatic heterocycles. The van der Waals surface area contributed by atoms with Crippen LogP contribution in [0.25, 0.3) is 0 Å². The Morgan fingerprint density at radius 3 is 2.69 bits per heavy atom. The summed E-state index contributed by atoms with van der Waals surface area (Å²) < 4.78 is 13.3. The SMILES string of the molecule is Cc1cc(Cl)c(NC(CO)CCO)cc1F. The van der Waals surface area contributed by atoms with Gasteiger partial charge in [0.25, 0.3) is 0 Å². The summed E-state index contributed by atoms with van der Waals surface area (Å²) in [5.41, 5.74) is 0.899. The van der Waals surface area contributed by atoms with Gasteiger partial charge in [-0.1, -0.05) is 11.6 Å². The van der Waals surface area contributed by atoms with Crippen LogP contribution in [0.1, 0.15) is 12.0 Å². The number of hydrogen-bond donors (Lipinski definition) is 3. The lowest BCUT2D eigenvalue weighted by Crippen LogP contribution is -2.25. The highest BCUT2D eigenvalue weighted by atomic mass is 35.5. The summed E-state index contributed by atoms with van der Waals surface area (Å²) in [6.45, 7) is 1.43. The van der Waals surface area contributed by atoms with E-state index in [-0.39, 0.29) is 25.1 Å². The number of aryl methyl sites for hydroxylation is 1. The number of halogens is 2. The molecule has 1 atom stereocenters. The van der Waals surface area contributed by atoms with Crippen LogP contribution in [0.2, 0.25) is 5.02 Å². The predicted molar refractivity (Wildman–Crippen MR) is 62.3 cm³/mol. The molecule has 0 radical (unpaired) electrons. The van der Waals surface area contributed by atoms with Crippen LogP contribution in [0, 0.1) is 12.7 Å². The number of aliphatic hydroxyl groups excluding tert-OH is 2. The van der Waals surface area contributed by atoms with Crippen LogP contribution < -0.4 is 5.32 Å². The van der Waals surface area contributed by atoms with Gasteiger partial charge >= 0.3 is 0 Å². The maximum absolute atomic E-state index is 13.3. The smallest absolute Gasteiger partial charge is 0.128 e. The van der Waals surface area contributed by atoms with Gasteiger partial charge in [0.05, 0.1) is 23.4 Å². The fraction of sp³-hybridized carbons (Fsp3) is 0.455. The molecule has 90 valence electrons. The molecule has 1 unspecified atom stereocenters. The molecule has 0 saturated heterocycles. The standard InChI is InChI=1S/C11H15ClFNO2/c1-7-4-9(12)11(5-10(7)13)14-8(6-16)2-3-15/h4-5,8,14-16H,2-3,6H2,1H3. The summed E-state index contributed by atoms with van der Waals surface area (Å²) in [6.07, 6.45) is 0.377. The highest BCUT2D eigenvalue weighted by molar-refractivity contribution is 6.33. The number of anilines is 1. The minimum absolute atomic E-state index is 0.0514. The zero-order chi connectivity index (χ0) is 12.1. The van der Waals surface area contributed by atoms with Crippen molar-refractivity contribution in [1.82, 2.24) is 0 Å². The predicted octanol–water partition coefficient (Wildman–Crippen LogP) is 1.94. The van der Waals surface area contributed by atoms with Gasteiger partial charge in [-0.2, -0.15) is 0 Å². The van der Waals surface area contributed by atoms with E-state index >= 15 is 0 Å². The first-order chi connectivity index (χ1) is 7.58. The van der Waals surface area contributed by atoms with E-state index in [9.17, 15) is 4.39 Å². The zero-order valence-electron chi connectivity index (χ0n) is 9.00. The molecule has 0 heterocycles. The van der Waals surface area contributed by atoms with E-state index in [1.54, 1.807) is 6.92 Å². The van der Waals surface area contributed by atoms with Crippen molar-refractivity contribution in [2.24, 2.45) is 0 Å². The van der Waals surface area contributed by atoms with Crippen LogP contribution in [-0.4, -0.2) is 29.5 Å². The molecular formula is C11H15ClFNO2. The maximum Gasteiger partial charge on any atom is 0.128 e. The van der Waals surface area contributed by atoms with Crippen molar-refractivity contribution in [3.05, 3.63) is 28.5 Å². The molecule has 0 aliphatic heterocycles. The highest BCUT2D eigenvalue weighted by Gasteiger charge is 2.11. The first-order valence-corrected chi connectivity index (χ1v) is 5.40. The van der Waals surface area contributed by atoms with Gasteiger partial charge in [-0.05, 0) is 31.0 Å². The minimum atomic E-state index is -0.354. The lowest BCUT2D eigenvalue weighted by atomic mass is 10.1. The van der Waals surface area contributed by atoms with Crippen LogP contribution >= 0.6 is 11.6 Å². The zero-order valence-corrected chi connectivity index (χ0v) is 9.76. The van der Waals surface area contributed by atoms with E-state index in [1.807, 2.05) is 0 Å². The Morgan fingerprint density at radius 1 is 1.44 bits per heavy atom. The van der Waals surface area contributed by atoms with E-state index in [0.29, 0.717) is 22.7 Å². The molecule has 1 aromatic rings. The molecule has 0 aliphatic rings. The number of rotatable bonds is 5. The summed E-state index contributed by atoms with van der Waals surface area (Å²) in [5, 5.41) is 21.1. The summed E-state index contributed by atoms with van der Waals surface area (Å²) in [7, 11) is 0. The van der Waals surface area contributed by atoms with Crippen LogP contribution in [0.15, 0.2) is 12.1 Å². The van der Waals surface area contributed by atoms with Crippen molar-refractivity contribution in [3.63, 3.8) is 0 Å². The average Bonchev–Trinajstić information content (AvgIpc) is 2.25. The van der Waals surface area contributed by atoms with Crippen molar-refractivity contribution in [3.8, 4) is 0 Å². The topological polar surface area (TPSA) is 52.5 Å². The Bertz CT molecular complexity index is 360. The van der Waals surface area contributed by atoms with Crippen LogP contribution in [0.5, 0.6) is 0 Å². The van der Waals surface area contributed by atoms with Gasteiger partial charge in [-0.15, -0.1) is 0 Å². The molecule has 0 saturated carbocycles. The van der Waals surface area contributed by atoms with Gasteiger partial charge in [0, 0.05) is 6.61 Å². The number of benzene rings is 1. The van der Waals surface area contributed by atoms with E-state index in [2.05, 4.69) is 5.32 Å². The molecule has 0 spiro atoms. The van der Waals surface area contributed by atoms with E-state index < -0.39 is 0 Å². The molecule has 3 N–H and O–H groups in total. The van der Waals surface area contributed by atoms with Gasteiger partial charge in [-0.3, -0.25) is 0 Å². The number of nitrogens with one attached hydrogen (secondary N) is 1. The molecule has 5 heteroatoms. The van der Waals surface area contributed by atoms with Crippen molar-refractivity contribution < 1.29 is 14.6 Å². The van der Waals surface area contributed by atoms with Crippen LogP contribution in [0.4, 0.5) is 10.1 Å². The molecule has 16 heavy (non-hydrogen) atoms. The van der Waals surface area contributed by atoms with E-state index in [1.165, 1.54) is 12.1 Å². The molecule has 1 aromatic carbocycles. The Labute approximate surface area is 98.9 Å². The summed E-state index contributed by atoms with van der Waals surface area (Å²) in [4.78, 5) is 0. The fourth-order valence-electron chi connectivity index (χ4n) is 1.34. The van der Waals surface area contributed by atoms with Crippen LogP contribution in [0.3, 0.4) is 0 Å². The number of hydrogen-bond acceptors (Lipinski definition) is 3. The molecule has 0 bridgehead atoms. The molecule has 0 aliphatic carbocycles. The van der Waals surface area contributed by atoms with Crippen LogP contribution in [-0.2, 0) is 0 Å². The van der Waals surface area contributed by atoms with Crippen molar-refractivity contribution >= 4 is 17.3 Å². The Balaban J connectivity index is 2.83. The van der Waals surface area contributed by atoms with Crippen molar-refractivity contribution in [1.29, 1.82) is 0 Å². The third-order valence-electron chi connectivity index (χ3n) is 2.31. The lowest BCUT2D eigenvalue weighted by Gasteiger charge is -2.17. The molecule has 3 nitrogen and oxygen atoms in total. The van der Waals surface area contributed by atoms with Gasteiger partial charge in [0.1, 0.15) is 5.82 Å². The third-order valence-corrected chi connectivity index (χ3v) is 2.62. The van der Waals surface area contributed by atoms with E-state index in [0.717, 1.165) is 0 Å². The molecular weight excluding hydrogens is 233 g/mol. The first kappa shape index (κ1) is 13.2. The van der Waals surface area contributed by atoms with Crippen molar-refractivity contribution in [2.45, 2.75) is 19.4 Å². The maximum atomic E-state index is 13.3. The quantitative estimate of drug-likeness (QED) is 0.745. The fourth-order valence-corrected chi connectivity index (χ4v) is 1.61. The second kappa shape index (κ2) is 6.03. The molecule has 0 amide bonds. The largest absolute Gasteiger partial charge is 0.396 e. The normalized spacial score (nSPS) is 12.6. The number of aliphatic hydroxyl groups is 2. The lowest BCUT2D eigenvalue weighted by molar-refractivity contribution is 0.229. The monoisotopic (exact) mass is 247 g/mol. The minimum Gasteiger partial charge on any atom is -0.396 e. The van der Waals surface area contributed by atoms with E-state index in [4.69, 9.17) is 21.8 Å². The van der Waals surface area contributed by atoms with Crippen molar-refractivity contribution in [2.75, 3.05) is 18.5 Å². The highest BCUT2D eigenvalue weighted by Crippen LogP contribution is 2.26. The third kappa shape index (κ3) is 3.33. The Hall–Kier alpha value is -0.840. The van der Waals surface area contributed by atoms with Gasteiger partial charge < -0.3 is 15.5 Å². The Kier molecular flexibility index (Phi) is 4.99. The molecule has 1 rings (SSSR count). The van der Waals surface area contributed by atoms with Gasteiger partial charge in [-0.25, -0.2) is 4.39 Å². The second-order valence-corrected chi connectivity index (χ2v) is 4.02. The summed E-state index contributed by atoms with van der Waals surface area (Å²) in [6, 6.07) is 2.48. The molecule has 0 fully saturated rings. The summed E-state index contributed by atoms with van der Waals surface area (Å²) >= 11 is 5.93. The average molecular weight is 248 g/mol. The Morgan fingerprint density at radius 2 is 2.12 bits per heavy atom. The first-order valence-electron chi connectivity index (χ1n) is 5.02.